The third kappa shape index (κ3) is 4.04. The zero-order chi connectivity index (χ0) is 15.4. The lowest BCUT2D eigenvalue weighted by molar-refractivity contribution is 0.101. The molecule has 1 aromatic rings. The smallest absolute Gasteiger partial charge is 0.321 e. The van der Waals surface area contributed by atoms with Crippen molar-refractivity contribution in [2.24, 2.45) is 5.92 Å². The molecule has 1 aromatic carbocycles. The van der Waals surface area contributed by atoms with Crippen LogP contribution in [-0.4, -0.2) is 41.5 Å². The maximum absolute atomic E-state index is 12.1. The van der Waals surface area contributed by atoms with E-state index in [0.717, 1.165) is 19.3 Å². The number of hydrogen-bond donors (Lipinski definition) is 2. The van der Waals surface area contributed by atoms with Crippen LogP contribution < -0.4 is 5.32 Å². The summed E-state index contributed by atoms with van der Waals surface area (Å²) in [6, 6.07) is 6.61. The van der Waals surface area contributed by atoms with Crippen molar-refractivity contribution in [3.05, 3.63) is 29.8 Å². The summed E-state index contributed by atoms with van der Waals surface area (Å²) in [4.78, 5) is 24.9. The highest BCUT2D eigenvalue weighted by atomic mass is 16.3. The van der Waals surface area contributed by atoms with Crippen LogP contribution in [0.3, 0.4) is 0 Å². The SMILES string of the molecule is CC(=O)c1ccc(NC(=O)N(C)CC2CCCC2O)cc1. The summed E-state index contributed by atoms with van der Waals surface area (Å²) < 4.78 is 0. The quantitative estimate of drug-likeness (QED) is 0.837. The number of hydrogen-bond acceptors (Lipinski definition) is 3. The van der Waals surface area contributed by atoms with E-state index in [0.29, 0.717) is 17.8 Å². The zero-order valence-electron chi connectivity index (χ0n) is 12.5. The number of Topliss-reactive ketones (excluding diaryl/α,β-unsaturated/α-hetero) is 1. The van der Waals surface area contributed by atoms with E-state index < -0.39 is 0 Å². The van der Waals surface area contributed by atoms with E-state index in [9.17, 15) is 14.7 Å². The monoisotopic (exact) mass is 290 g/mol. The van der Waals surface area contributed by atoms with Gasteiger partial charge in [0, 0.05) is 30.8 Å². The van der Waals surface area contributed by atoms with Crippen LogP contribution >= 0.6 is 0 Å². The molecule has 114 valence electrons. The molecule has 1 aliphatic rings. The number of aliphatic hydroxyl groups is 1. The normalized spacial score (nSPS) is 21.1. The number of anilines is 1. The van der Waals surface area contributed by atoms with Crippen molar-refractivity contribution in [3.8, 4) is 0 Å². The first-order chi connectivity index (χ1) is 9.97. The van der Waals surface area contributed by atoms with E-state index in [-0.39, 0.29) is 23.8 Å². The van der Waals surface area contributed by atoms with Crippen molar-refractivity contribution in [2.75, 3.05) is 18.9 Å². The van der Waals surface area contributed by atoms with Gasteiger partial charge in [0.05, 0.1) is 6.10 Å². The Kier molecular flexibility index (Phi) is 4.96. The molecule has 0 radical (unpaired) electrons. The molecule has 1 saturated carbocycles. The van der Waals surface area contributed by atoms with Crippen molar-refractivity contribution < 1.29 is 14.7 Å². The lowest BCUT2D eigenvalue weighted by Crippen LogP contribution is -2.37. The van der Waals surface area contributed by atoms with E-state index in [4.69, 9.17) is 0 Å². The number of benzene rings is 1. The van der Waals surface area contributed by atoms with Gasteiger partial charge in [-0.05, 0) is 44.0 Å². The van der Waals surface area contributed by atoms with Crippen LogP contribution in [0.4, 0.5) is 10.5 Å². The van der Waals surface area contributed by atoms with E-state index in [2.05, 4.69) is 5.32 Å². The van der Waals surface area contributed by atoms with Gasteiger partial charge in [0.1, 0.15) is 0 Å². The number of amides is 2. The first-order valence-corrected chi connectivity index (χ1v) is 7.28. The highest BCUT2D eigenvalue weighted by molar-refractivity contribution is 5.95. The lowest BCUT2D eigenvalue weighted by atomic mass is 10.1. The van der Waals surface area contributed by atoms with Gasteiger partial charge in [0.2, 0.25) is 0 Å². The maximum atomic E-state index is 12.1. The number of nitrogens with zero attached hydrogens (tertiary/aromatic N) is 1. The molecule has 2 atom stereocenters. The highest BCUT2D eigenvalue weighted by Crippen LogP contribution is 2.26. The van der Waals surface area contributed by atoms with Crippen molar-refractivity contribution in [3.63, 3.8) is 0 Å². The average Bonchev–Trinajstić information content (AvgIpc) is 2.84. The number of rotatable bonds is 4. The molecular formula is C16H22N2O3. The highest BCUT2D eigenvalue weighted by Gasteiger charge is 2.27. The fourth-order valence-electron chi connectivity index (χ4n) is 2.67. The molecule has 0 aliphatic heterocycles. The maximum Gasteiger partial charge on any atom is 0.321 e. The largest absolute Gasteiger partial charge is 0.393 e. The Bertz CT molecular complexity index is 513. The van der Waals surface area contributed by atoms with E-state index >= 15 is 0 Å². The van der Waals surface area contributed by atoms with Gasteiger partial charge in [-0.25, -0.2) is 4.79 Å². The van der Waals surface area contributed by atoms with Crippen LogP contribution in [0.1, 0.15) is 36.5 Å². The van der Waals surface area contributed by atoms with Gasteiger partial charge in [-0.15, -0.1) is 0 Å². The van der Waals surface area contributed by atoms with Crippen LogP contribution in [0.15, 0.2) is 24.3 Å². The van der Waals surface area contributed by atoms with Crippen molar-refractivity contribution >= 4 is 17.5 Å². The fourth-order valence-corrected chi connectivity index (χ4v) is 2.67. The standard InChI is InChI=1S/C16H22N2O3/c1-11(19)12-6-8-14(9-7-12)17-16(21)18(2)10-13-4-3-5-15(13)20/h6-9,13,15,20H,3-5,10H2,1-2H3,(H,17,21). The average molecular weight is 290 g/mol. The van der Waals surface area contributed by atoms with E-state index in [1.54, 1.807) is 36.2 Å². The second-order valence-corrected chi connectivity index (χ2v) is 5.70. The molecule has 1 aliphatic carbocycles. The molecule has 2 unspecified atom stereocenters. The fraction of sp³-hybridized carbons (Fsp3) is 0.500. The van der Waals surface area contributed by atoms with Gasteiger partial charge in [0.15, 0.2) is 5.78 Å². The second kappa shape index (κ2) is 6.72. The van der Waals surface area contributed by atoms with Crippen molar-refractivity contribution in [1.82, 2.24) is 4.90 Å². The Hall–Kier alpha value is -1.88. The number of aliphatic hydroxyl groups excluding tert-OH is 1. The molecule has 0 aromatic heterocycles. The zero-order valence-corrected chi connectivity index (χ0v) is 12.5. The molecule has 0 heterocycles. The first kappa shape index (κ1) is 15.5. The number of carbonyl (C=O) groups excluding carboxylic acids is 2. The number of urea groups is 1. The van der Waals surface area contributed by atoms with Crippen LogP contribution in [0.25, 0.3) is 0 Å². The third-order valence-electron chi connectivity index (χ3n) is 4.02. The predicted octanol–water partition coefficient (Wildman–Crippen LogP) is 2.51. The van der Waals surface area contributed by atoms with Gasteiger partial charge < -0.3 is 15.3 Å². The van der Waals surface area contributed by atoms with Gasteiger partial charge in [-0.1, -0.05) is 6.42 Å². The summed E-state index contributed by atoms with van der Waals surface area (Å²) >= 11 is 0. The van der Waals surface area contributed by atoms with Crippen LogP contribution in [-0.2, 0) is 0 Å². The minimum absolute atomic E-state index is 0.000200. The Balaban J connectivity index is 1.89. The van der Waals surface area contributed by atoms with Crippen molar-refractivity contribution in [2.45, 2.75) is 32.3 Å². The molecule has 1 fully saturated rings. The summed E-state index contributed by atoms with van der Waals surface area (Å²) in [6.07, 6.45) is 2.52. The molecular weight excluding hydrogens is 268 g/mol. The van der Waals surface area contributed by atoms with Gasteiger partial charge in [-0.3, -0.25) is 4.79 Å². The number of nitrogens with one attached hydrogen (secondary N) is 1. The van der Waals surface area contributed by atoms with E-state index in [1.807, 2.05) is 0 Å². The second-order valence-electron chi connectivity index (χ2n) is 5.70. The topological polar surface area (TPSA) is 69.6 Å². The summed E-state index contributed by atoms with van der Waals surface area (Å²) in [5.74, 6) is 0.168. The Morgan fingerprint density at radius 3 is 2.48 bits per heavy atom. The Morgan fingerprint density at radius 1 is 1.29 bits per heavy atom. The molecule has 2 rings (SSSR count). The number of carbonyl (C=O) groups is 2. The molecule has 5 heteroatoms. The minimum atomic E-state index is -0.296. The molecule has 5 nitrogen and oxygen atoms in total. The summed E-state index contributed by atoms with van der Waals surface area (Å²) in [6.45, 7) is 2.06. The molecule has 0 spiro atoms. The molecule has 21 heavy (non-hydrogen) atoms. The predicted molar refractivity (Wildman–Crippen MR) is 81.4 cm³/mol. The molecule has 0 bridgehead atoms. The third-order valence-corrected chi connectivity index (χ3v) is 4.02. The van der Waals surface area contributed by atoms with Gasteiger partial charge >= 0.3 is 6.03 Å². The van der Waals surface area contributed by atoms with Gasteiger partial charge in [-0.2, -0.15) is 0 Å². The van der Waals surface area contributed by atoms with Crippen LogP contribution in [0.5, 0.6) is 0 Å². The summed E-state index contributed by atoms with van der Waals surface area (Å²) in [5, 5.41) is 12.6. The first-order valence-electron chi connectivity index (χ1n) is 7.28. The summed E-state index contributed by atoms with van der Waals surface area (Å²) in [5.41, 5.74) is 1.28. The summed E-state index contributed by atoms with van der Waals surface area (Å²) in [7, 11) is 1.73. The van der Waals surface area contributed by atoms with E-state index in [1.165, 1.54) is 6.92 Å². The van der Waals surface area contributed by atoms with Crippen LogP contribution in [0, 0.1) is 5.92 Å². The molecule has 2 amide bonds. The van der Waals surface area contributed by atoms with Crippen molar-refractivity contribution in [1.29, 1.82) is 0 Å². The molecule has 2 N–H and O–H groups in total. The Morgan fingerprint density at radius 2 is 1.95 bits per heavy atom. The molecule has 0 saturated heterocycles. The lowest BCUT2D eigenvalue weighted by Gasteiger charge is -2.23. The minimum Gasteiger partial charge on any atom is -0.393 e. The van der Waals surface area contributed by atoms with Gasteiger partial charge in [0.25, 0.3) is 0 Å². The van der Waals surface area contributed by atoms with Crippen LogP contribution in [0.2, 0.25) is 0 Å². The number of ketones is 1. The Labute approximate surface area is 125 Å².